The lowest BCUT2D eigenvalue weighted by atomic mass is 9.68. The molecule has 0 amide bonds. The highest BCUT2D eigenvalue weighted by Crippen LogP contribution is 2.60. The predicted octanol–water partition coefficient (Wildman–Crippen LogP) is 10.7. The average Bonchev–Trinajstić information content (AvgIpc) is 3.61. The van der Waals surface area contributed by atoms with Gasteiger partial charge in [0.1, 0.15) is 0 Å². The molecule has 0 saturated heterocycles. The van der Waals surface area contributed by atoms with Crippen molar-refractivity contribution in [2.75, 3.05) is 26.2 Å². The molecule has 1 fully saturated rings. The fourth-order valence-electron chi connectivity index (χ4n) is 13.2. The standard InChI is InChI=1S/C57H78N4.4ClH.4H2O/c1-36-27-44-13-23-58-52(48(44)31-40(36)5)9-17-56(18-10-53-49-32-41(6)37(2)28-45(49)14-24-59-53)21-22-57(35-56,19-11-54-50-33-42(7)38(3)29-46(50)15-25-60-54)20-12-55-51-34-43(8)39(4)30-47(51)16-26-61-55;;;;;;;;/h27-34,52-55,58-61H,9-26,35H2,1-8H3;4*1H;4*1H2. The van der Waals surface area contributed by atoms with Crippen LogP contribution in [0.25, 0.3) is 0 Å². The number of aryl methyl sites for hydroxylation is 8. The van der Waals surface area contributed by atoms with Crippen LogP contribution in [0.4, 0.5) is 0 Å². The fourth-order valence-corrected chi connectivity index (χ4v) is 13.2. The van der Waals surface area contributed by atoms with Crippen molar-refractivity contribution >= 4 is 49.6 Å². The van der Waals surface area contributed by atoms with Crippen LogP contribution in [0.15, 0.2) is 48.5 Å². The predicted molar refractivity (Wildman–Crippen MR) is 301 cm³/mol. The summed E-state index contributed by atoms with van der Waals surface area (Å²) < 4.78 is 0. The van der Waals surface area contributed by atoms with Crippen molar-refractivity contribution in [1.29, 1.82) is 0 Å². The normalized spacial score (nSPS) is 23.9. The topological polar surface area (TPSA) is 174 Å². The summed E-state index contributed by atoms with van der Waals surface area (Å²) in [4.78, 5) is 0. The van der Waals surface area contributed by atoms with E-state index in [0.29, 0.717) is 35.0 Å². The van der Waals surface area contributed by atoms with Crippen LogP contribution in [-0.2, 0) is 25.7 Å². The van der Waals surface area contributed by atoms with Crippen LogP contribution >= 0.6 is 49.6 Å². The van der Waals surface area contributed by atoms with Crippen molar-refractivity contribution in [3.05, 3.63) is 138 Å². The van der Waals surface area contributed by atoms with Crippen molar-refractivity contribution < 1.29 is 21.9 Å². The van der Waals surface area contributed by atoms with Crippen LogP contribution in [0.1, 0.15) is 184 Å². The number of fused-ring (bicyclic) bond motifs is 4. The molecule has 1 saturated carbocycles. The third-order valence-electron chi connectivity index (χ3n) is 17.5. The molecule has 4 unspecified atom stereocenters. The average molecular weight is 1040 g/mol. The van der Waals surface area contributed by atoms with Crippen LogP contribution in [0, 0.1) is 66.2 Å². The molecule has 4 aromatic rings. The molecule has 12 heteroatoms. The highest BCUT2D eigenvalue weighted by Gasteiger charge is 2.48. The van der Waals surface area contributed by atoms with Gasteiger partial charge in [-0.15, -0.1) is 49.6 Å². The number of halogens is 4. The highest BCUT2D eigenvalue weighted by molar-refractivity contribution is 5.86. The van der Waals surface area contributed by atoms with Gasteiger partial charge in [-0.3, -0.25) is 0 Å². The van der Waals surface area contributed by atoms with Crippen LogP contribution in [0.3, 0.4) is 0 Å². The van der Waals surface area contributed by atoms with Gasteiger partial charge in [0.15, 0.2) is 0 Å². The first kappa shape index (κ1) is 64.7. The van der Waals surface area contributed by atoms with Crippen LogP contribution in [-0.4, -0.2) is 48.1 Å². The minimum absolute atomic E-state index is 0. The summed E-state index contributed by atoms with van der Waals surface area (Å²) in [5.41, 5.74) is 25.0. The number of hydrogen-bond donors (Lipinski definition) is 4. The molecule has 4 aliphatic heterocycles. The zero-order valence-electron chi connectivity index (χ0n) is 43.0. The van der Waals surface area contributed by atoms with Gasteiger partial charge in [-0.2, -0.15) is 0 Å². The maximum atomic E-state index is 4.06. The number of nitrogens with one attached hydrogen (secondary N) is 4. The zero-order valence-corrected chi connectivity index (χ0v) is 46.3. The monoisotopic (exact) mass is 1030 g/mol. The second-order valence-electron chi connectivity index (χ2n) is 21.4. The van der Waals surface area contributed by atoms with Gasteiger partial charge >= 0.3 is 0 Å². The van der Waals surface area contributed by atoms with E-state index in [1.54, 1.807) is 44.5 Å². The van der Waals surface area contributed by atoms with Gasteiger partial charge in [-0.1, -0.05) is 48.5 Å². The fraction of sp³-hybridized carbons (Fsp3) is 0.579. The van der Waals surface area contributed by atoms with Gasteiger partial charge in [0, 0.05) is 24.2 Å². The lowest BCUT2D eigenvalue weighted by Gasteiger charge is -2.40. The molecule has 0 radical (unpaired) electrons. The van der Waals surface area contributed by atoms with E-state index < -0.39 is 0 Å². The van der Waals surface area contributed by atoms with E-state index in [1.807, 2.05) is 0 Å². The first-order valence-electron chi connectivity index (χ1n) is 24.7. The smallest absolute Gasteiger partial charge is 0.0323 e. The molecule has 9 rings (SSSR count). The number of hydrogen-bond acceptors (Lipinski definition) is 4. The number of rotatable bonds is 12. The molecule has 5 aliphatic rings. The summed E-state index contributed by atoms with van der Waals surface area (Å²) >= 11 is 0. The molecule has 12 N–H and O–H groups in total. The van der Waals surface area contributed by atoms with Crippen molar-refractivity contribution in [2.45, 2.75) is 176 Å². The van der Waals surface area contributed by atoms with E-state index >= 15 is 0 Å². The van der Waals surface area contributed by atoms with Gasteiger partial charge in [-0.25, -0.2) is 0 Å². The van der Waals surface area contributed by atoms with Gasteiger partial charge in [0.2, 0.25) is 0 Å². The van der Waals surface area contributed by atoms with Crippen LogP contribution in [0.5, 0.6) is 0 Å². The summed E-state index contributed by atoms with van der Waals surface area (Å²) in [6.45, 7) is 22.9. The van der Waals surface area contributed by atoms with Crippen molar-refractivity contribution in [2.24, 2.45) is 10.8 Å². The molecule has 1 aliphatic carbocycles. The molecule has 0 bridgehead atoms. The minimum Gasteiger partial charge on any atom is -0.412 e. The van der Waals surface area contributed by atoms with E-state index in [0.717, 1.165) is 51.9 Å². The lowest BCUT2D eigenvalue weighted by molar-refractivity contribution is 0.147. The van der Waals surface area contributed by atoms with E-state index in [1.165, 1.54) is 115 Å². The number of benzene rings is 4. The molecule has 4 heterocycles. The van der Waals surface area contributed by atoms with Gasteiger partial charge in [0.05, 0.1) is 0 Å². The molecular formula is C57H90Cl4N4O4. The maximum Gasteiger partial charge on any atom is 0.0323 e. The zero-order chi connectivity index (χ0) is 42.5. The molecule has 0 aromatic heterocycles. The Kier molecular flexibility index (Phi) is 25.5. The van der Waals surface area contributed by atoms with Crippen LogP contribution < -0.4 is 21.3 Å². The van der Waals surface area contributed by atoms with Crippen molar-refractivity contribution in [1.82, 2.24) is 21.3 Å². The quantitative estimate of drug-likeness (QED) is 0.111. The summed E-state index contributed by atoms with van der Waals surface area (Å²) in [7, 11) is 0. The molecular weight excluding hydrogens is 946 g/mol. The Morgan fingerprint density at radius 3 is 0.768 bits per heavy atom. The third kappa shape index (κ3) is 13.9. The van der Waals surface area contributed by atoms with Gasteiger partial charge in [0.25, 0.3) is 0 Å². The SMILES string of the molecule is Cc1cc2c(cc1C)C(CCC1(CCC3NCCc4cc(C)c(C)cc43)CCC(CCC3NCCc4cc(C)c(C)cc43)(CCC3NCCc4cc(C)c(C)cc43)C1)NCC2.Cl.Cl.Cl.Cl.O.O.O.O. The Bertz CT molecular complexity index is 1990. The molecule has 4 aromatic carbocycles. The Morgan fingerprint density at radius 2 is 0.551 bits per heavy atom. The first-order chi connectivity index (χ1) is 29.4. The van der Waals surface area contributed by atoms with Crippen molar-refractivity contribution in [3.63, 3.8) is 0 Å². The second kappa shape index (κ2) is 27.1. The van der Waals surface area contributed by atoms with Crippen LogP contribution in [0.2, 0.25) is 0 Å². The van der Waals surface area contributed by atoms with Gasteiger partial charge in [-0.05, 0) is 278 Å². The van der Waals surface area contributed by atoms with E-state index in [4.69, 9.17) is 0 Å². The Balaban J connectivity index is 0.00000298. The molecule has 69 heavy (non-hydrogen) atoms. The third-order valence-corrected chi connectivity index (χ3v) is 17.5. The molecule has 8 nitrogen and oxygen atoms in total. The summed E-state index contributed by atoms with van der Waals surface area (Å²) in [6, 6.07) is 22.0. The lowest BCUT2D eigenvalue weighted by Crippen LogP contribution is -2.34. The second-order valence-corrected chi connectivity index (χ2v) is 21.4. The first-order valence-corrected chi connectivity index (χ1v) is 24.7. The van der Waals surface area contributed by atoms with E-state index in [-0.39, 0.29) is 71.5 Å². The Labute approximate surface area is 440 Å². The Hall–Kier alpha value is -2.28. The molecule has 0 spiro atoms. The largest absolute Gasteiger partial charge is 0.412 e. The van der Waals surface area contributed by atoms with E-state index in [2.05, 4.69) is 125 Å². The van der Waals surface area contributed by atoms with Gasteiger partial charge < -0.3 is 43.2 Å². The summed E-state index contributed by atoms with van der Waals surface area (Å²) in [5.74, 6) is 0. The Morgan fingerprint density at radius 1 is 0.348 bits per heavy atom. The maximum absolute atomic E-state index is 4.06. The highest BCUT2D eigenvalue weighted by atomic mass is 35.5. The summed E-state index contributed by atoms with van der Waals surface area (Å²) in [5, 5.41) is 16.2. The van der Waals surface area contributed by atoms with Crippen molar-refractivity contribution in [3.8, 4) is 0 Å². The summed E-state index contributed by atoms with van der Waals surface area (Å²) in [6.07, 6.45) is 19.0. The molecule has 390 valence electrons. The minimum atomic E-state index is 0. The molecule has 4 atom stereocenters. The van der Waals surface area contributed by atoms with E-state index in [9.17, 15) is 0 Å².